The van der Waals surface area contributed by atoms with Gasteiger partial charge in [-0.3, -0.25) is 9.48 Å². The molecule has 0 aliphatic carbocycles. The van der Waals surface area contributed by atoms with Crippen molar-refractivity contribution in [2.24, 2.45) is 0 Å². The van der Waals surface area contributed by atoms with E-state index in [9.17, 15) is 9.18 Å². The smallest absolute Gasteiger partial charge is 0.257 e. The third-order valence-corrected chi connectivity index (χ3v) is 4.61. The van der Waals surface area contributed by atoms with E-state index in [2.05, 4.69) is 5.10 Å². The van der Waals surface area contributed by atoms with Gasteiger partial charge in [0.05, 0.1) is 30.5 Å². The van der Waals surface area contributed by atoms with E-state index in [1.165, 1.54) is 6.07 Å². The van der Waals surface area contributed by atoms with Crippen molar-refractivity contribution in [2.75, 3.05) is 38.7 Å². The van der Waals surface area contributed by atoms with Crippen LogP contribution in [0.5, 0.6) is 0 Å². The van der Waals surface area contributed by atoms with Gasteiger partial charge in [-0.05, 0) is 38.1 Å². The highest BCUT2D eigenvalue weighted by Gasteiger charge is 2.27. The summed E-state index contributed by atoms with van der Waals surface area (Å²) in [6.07, 6.45) is -0.158. The first kappa shape index (κ1) is 18.4. The van der Waals surface area contributed by atoms with Gasteiger partial charge >= 0.3 is 0 Å². The van der Waals surface area contributed by atoms with Crippen LogP contribution in [-0.4, -0.2) is 60.5 Å². The molecule has 1 saturated heterocycles. The molecule has 1 aromatic heterocycles. The molecule has 1 aliphatic heterocycles. The molecular weight excluding hydrogens is 335 g/mol. The van der Waals surface area contributed by atoms with Crippen molar-refractivity contribution in [2.45, 2.75) is 26.5 Å². The number of ether oxygens (including phenoxy) is 1. The van der Waals surface area contributed by atoms with Crippen molar-refractivity contribution in [3.05, 3.63) is 47.0 Å². The van der Waals surface area contributed by atoms with Gasteiger partial charge in [-0.15, -0.1) is 0 Å². The molecule has 1 amide bonds. The number of amides is 1. The number of carbonyl (C=O) groups is 1. The van der Waals surface area contributed by atoms with Gasteiger partial charge in [0.15, 0.2) is 0 Å². The molecular formula is C19H25FN4O2. The number of aryl methyl sites for hydroxylation is 2. The molecule has 0 saturated carbocycles. The lowest BCUT2D eigenvalue weighted by Gasteiger charge is -2.33. The highest BCUT2D eigenvalue weighted by molar-refractivity contribution is 5.95. The molecule has 2 aromatic rings. The second kappa shape index (κ2) is 7.45. The number of halogens is 1. The Morgan fingerprint density at radius 2 is 2.12 bits per heavy atom. The summed E-state index contributed by atoms with van der Waals surface area (Å²) in [6.45, 7) is 5.83. The third-order valence-electron chi connectivity index (χ3n) is 4.61. The fourth-order valence-electron chi connectivity index (χ4n) is 3.19. The lowest BCUT2D eigenvalue weighted by Crippen LogP contribution is -2.47. The van der Waals surface area contributed by atoms with E-state index >= 15 is 0 Å². The Kier molecular flexibility index (Phi) is 5.27. The molecule has 6 nitrogen and oxygen atoms in total. The van der Waals surface area contributed by atoms with Crippen LogP contribution in [0.15, 0.2) is 24.3 Å². The second-order valence-electron chi connectivity index (χ2n) is 6.91. The number of benzene rings is 1. The van der Waals surface area contributed by atoms with Crippen molar-refractivity contribution < 1.29 is 13.9 Å². The highest BCUT2D eigenvalue weighted by Crippen LogP contribution is 2.20. The molecule has 1 aliphatic rings. The van der Waals surface area contributed by atoms with E-state index in [0.717, 1.165) is 17.1 Å². The average Bonchev–Trinajstić information content (AvgIpc) is 2.91. The molecule has 140 valence electrons. The van der Waals surface area contributed by atoms with Crippen LogP contribution in [0.1, 0.15) is 21.7 Å². The van der Waals surface area contributed by atoms with Gasteiger partial charge in [0.25, 0.3) is 5.91 Å². The number of hydrogen-bond acceptors (Lipinski definition) is 4. The fourth-order valence-corrected chi connectivity index (χ4v) is 3.19. The number of hydrogen-bond donors (Lipinski definition) is 0. The van der Waals surface area contributed by atoms with Gasteiger partial charge in [0, 0.05) is 38.6 Å². The van der Waals surface area contributed by atoms with Gasteiger partial charge in [0.2, 0.25) is 0 Å². The number of rotatable bonds is 4. The average molecular weight is 360 g/mol. The second-order valence-corrected chi connectivity index (χ2v) is 6.91. The Balaban J connectivity index is 1.71. The monoisotopic (exact) mass is 360 g/mol. The maximum Gasteiger partial charge on any atom is 0.257 e. The van der Waals surface area contributed by atoms with Gasteiger partial charge in [0.1, 0.15) is 5.82 Å². The molecule has 0 N–H and O–H groups in total. The number of aromatic nitrogens is 2. The van der Waals surface area contributed by atoms with Crippen LogP contribution in [0.25, 0.3) is 0 Å². The van der Waals surface area contributed by atoms with Gasteiger partial charge in [-0.2, -0.15) is 5.10 Å². The molecule has 1 aromatic carbocycles. The largest absolute Gasteiger partial charge is 0.378 e. The molecule has 3 rings (SSSR count). The number of morpholine rings is 1. The Bertz CT molecular complexity index is 803. The summed E-state index contributed by atoms with van der Waals surface area (Å²) in [7, 11) is 3.67. The normalized spacial score (nSPS) is 17.4. The minimum Gasteiger partial charge on any atom is -0.378 e. The summed E-state index contributed by atoms with van der Waals surface area (Å²) >= 11 is 0. The zero-order valence-electron chi connectivity index (χ0n) is 15.7. The lowest BCUT2D eigenvalue weighted by atomic mass is 10.1. The summed E-state index contributed by atoms with van der Waals surface area (Å²) in [5.74, 6) is -0.794. The van der Waals surface area contributed by atoms with E-state index in [0.29, 0.717) is 26.2 Å². The van der Waals surface area contributed by atoms with E-state index in [1.54, 1.807) is 21.9 Å². The van der Waals surface area contributed by atoms with Crippen molar-refractivity contribution in [1.29, 1.82) is 0 Å². The first-order chi connectivity index (χ1) is 12.3. The maximum atomic E-state index is 14.4. The van der Waals surface area contributed by atoms with Crippen molar-refractivity contribution >= 4 is 11.6 Å². The molecule has 2 heterocycles. The summed E-state index contributed by atoms with van der Waals surface area (Å²) < 4.78 is 22.1. The van der Waals surface area contributed by atoms with Crippen LogP contribution in [0.4, 0.5) is 10.1 Å². The van der Waals surface area contributed by atoms with Crippen molar-refractivity contribution in [1.82, 2.24) is 14.7 Å². The van der Waals surface area contributed by atoms with Gasteiger partial charge < -0.3 is 14.5 Å². The lowest BCUT2D eigenvalue weighted by molar-refractivity contribution is -0.0303. The highest BCUT2D eigenvalue weighted by atomic mass is 19.1. The van der Waals surface area contributed by atoms with Crippen LogP contribution in [0, 0.1) is 19.7 Å². The predicted octanol–water partition coefficient (Wildman–Crippen LogP) is 2.25. The minimum atomic E-state index is -0.497. The quantitative estimate of drug-likeness (QED) is 0.839. The Labute approximate surface area is 153 Å². The molecule has 0 spiro atoms. The van der Waals surface area contributed by atoms with E-state index in [4.69, 9.17) is 4.74 Å². The number of nitrogens with zero attached hydrogens (tertiary/aromatic N) is 4. The maximum absolute atomic E-state index is 14.4. The first-order valence-electron chi connectivity index (χ1n) is 8.74. The predicted molar refractivity (Wildman–Crippen MR) is 98.1 cm³/mol. The molecule has 26 heavy (non-hydrogen) atoms. The standard InChI is InChI=1S/C19H25FN4O2/c1-13-9-14(2)24(21-13)12-16-11-23(7-8-26-16)19(25)17-6-5-15(22(3)4)10-18(17)20/h5-6,9-10,16H,7-8,11-12H2,1-4H3. The summed E-state index contributed by atoms with van der Waals surface area (Å²) in [6, 6.07) is 6.71. The zero-order chi connectivity index (χ0) is 18.8. The topological polar surface area (TPSA) is 50.6 Å². The Hall–Kier alpha value is -2.41. The van der Waals surface area contributed by atoms with Crippen LogP contribution in [0.3, 0.4) is 0 Å². The van der Waals surface area contributed by atoms with E-state index in [1.807, 2.05) is 38.7 Å². The molecule has 1 fully saturated rings. The minimum absolute atomic E-state index is 0.0994. The fraction of sp³-hybridized carbons (Fsp3) is 0.474. The summed E-state index contributed by atoms with van der Waals surface area (Å²) in [4.78, 5) is 16.2. The van der Waals surface area contributed by atoms with Crippen LogP contribution < -0.4 is 4.90 Å². The van der Waals surface area contributed by atoms with Crippen molar-refractivity contribution in [3.8, 4) is 0 Å². The van der Waals surface area contributed by atoms with Gasteiger partial charge in [-0.1, -0.05) is 0 Å². The Morgan fingerprint density at radius 1 is 1.35 bits per heavy atom. The molecule has 1 unspecified atom stereocenters. The van der Waals surface area contributed by atoms with Crippen molar-refractivity contribution in [3.63, 3.8) is 0 Å². The van der Waals surface area contributed by atoms with Crippen LogP contribution in [0.2, 0.25) is 0 Å². The molecule has 0 radical (unpaired) electrons. The SMILES string of the molecule is Cc1cc(C)n(CC2CN(C(=O)c3ccc(N(C)C)cc3F)CCO2)n1. The first-order valence-corrected chi connectivity index (χ1v) is 8.74. The van der Waals surface area contributed by atoms with Crippen LogP contribution in [-0.2, 0) is 11.3 Å². The Morgan fingerprint density at radius 3 is 2.73 bits per heavy atom. The number of carbonyl (C=O) groups excluding carboxylic acids is 1. The summed E-state index contributed by atoms with van der Waals surface area (Å²) in [5.41, 5.74) is 2.83. The summed E-state index contributed by atoms with van der Waals surface area (Å²) in [5, 5.41) is 4.44. The third kappa shape index (κ3) is 3.88. The van der Waals surface area contributed by atoms with E-state index in [-0.39, 0.29) is 17.6 Å². The molecule has 0 bridgehead atoms. The molecule has 7 heteroatoms. The zero-order valence-corrected chi connectivity index (χ0v) is 15.7. The van der Waals surface area contributed by atoms with Crippen LogP contribution >= 0.6 is 0 Å². The van der Waals surface area contributed by atoms with Gasteiger partial charge in [-0.25, -0.2) is 4.39 Å². The number of anilines is 1. The van der Waals surface area contributed by atoms with E-state index < -0.39 is 5.82 Å². The molecule has 1 atom stereocenters.